The Morgan fingerprint density at radius 3 is 2.80 bits per heavy atom. The molecule has 0 aliphatic carbocycles. The largest absolute Gasteiger partial charge is 0.296 e. The summed E-state index contributed by atoms with van der Waals surface area (Å²) >= 11 is 2.80. The van der Waals surface area contributed by atoms with Crippen LogP contribution in [-0.2, 0) is 0 Å². The third-order valence-electron chi connectivity index (χ3n) is 0.886. The van der Waals surface area contributed by atoms with Crippen LogP contribution in [0.2, 0.25) is 0 Å². The fourth-order valence-corrected chi connectivity index (χ4v) is 0.738. The lowest BCUT2D eigenvalue weighted by atomic mass is 10.4. The molecule has 1 heterocycles. The van der Waals surface area contributed by atoms with Crippen LogP contribution in [-0.4, -0.2) is 16.3 Å². The number of aldehydes is 1. The van der Waals surface area contributed by atoms with Gasteiger partial charge in [0.2, 0.25) is 0 Å². The lowest BCUT2D eigenvalue weighted by Crippen LogP contribution is -1.95. The van der Waals surface area contributed by atoms with Gasteiger partial charge in [-0.25, -0.2) is 14.4 Å². The molecule has 0 aliphatic rings. The summed E-state index contributed by atoms with van der Waals surface area (Å²) < 4.78 is 12.6. The lowest BCUT2D eigenvalue weighted by Gasteiger charge is -1.92. The third kappa shape index (κ3) is 1.18. The van der Waals surface area contributed by atoms with Crippen molar-refractivity contribution in [2.24, 2.45) is 0 Å². The van der Waals surface area contributed by atoms with Gasteiger partial charge in [-0.2, -0.15) is 0 Å². The maximum Gasteiger partial charge on any atom is 0.184 e. The van der Waals surface area contributed by atoms with Gasteiger partial charge in [-0.15, -0.1) is 0 Å². The van der Waals surface area contributed by atoms with E-state index in [2.05, 4.69) is 25.9 Å². The SMILES string of the molecule is O=Cc1ncnc(Br)c1F. The second-order valence-electron chi connectivity index (χ2n) is 1.48. The first-order valence-corrected chi connectivity index (χ1v) is 3.16. The number of rotatable bonds is 1. The molecule has 0 N–H and O–H groups in total. The molecule has 1 aromatic heterocycles. The van der Waals surface area contributed by atoms with E-state index in [1.165, 1.54) is 0 Å². The highest BCUT2D eigenvalue weighted by atomic mass is 79.9. The van der Waals surface area contributed by atoms with Crippen molar-refractivity contribution in [3.63, 3.8) is 0 Å². The second-order valence-corrected chi connectivity index (χ2v) is 2.23. The van der Waals surface area contributed by atoms with Gasteiger partial charge in [0.25, 0.3) is 0 Å². The minimum Gasteiger partial charge on any atom is -0.296 e. The van der Waals surface area contributed by atoms with Crippen molar-refractivity contribution < 1.29 is 9.18 Å². The Hall–Kier alpha value is -0.840. The van der Waals surface area contributed by atoms with E-state index in [1.807, 2.05) is 0 Å². The van der Waals surface area contributed by atoms with Crippen molar-refractivity contribution >= 4 is 22.2 Å². The molecule has 0 fully saturated rings. The van der Waals surface area contributed by atoms with E-state index < -0.39 is 5.82 Å². The van der Waals surface area contributed by atoms with E-state index in [0.29, 0.717) is 6.29 Å². The van der Waals surface area contributed by atoms with Crippen LogP contribution in [0.5, 0.6) is 0 Å². The van der Waals surface area contributed by atoms with Gasteiger partial charge >= 0.3 is 0 Å². The molecule has 0 radical (unpaired) electrons. The van der Waals surface area contributed by atoms with Crippen molar-refractivity contribution in [2.45, 2.75) is 0 Å². The zero-order valence-corrected chi connectivity index (χ0v) is 6.30. The normalized spacial score (nSPS) is 9.40. The van der Waals surface area contributed by atoms with Gasteiger partial charge in [0, 0.05) is 0 Å². The zero-order valence-electron chi connectivity index (χ0n) is 4.71. The number of carbonyl (C=O) groups is 1. The van der Waals surface area contributed by atoms with Crippen molar-refractivity contribution in [1.29, 1.82) is 0 Å². The Labute approximate surface area is 64.4 Å². The first-order chi connectivity index (χ1) is 4.75. The molecular formula is C5H2BrFN2O. The van der Waals surface area contributed by atoms with Crippen LogP contribution < -0.4 is 0 Å². The van der Waals surface area contributed by atoms with Crippen LogP contribution in [0, 0.1) is 5.82 Å². The summed E-state index contributed by atoms with van der Waals surface area (Å²) in [5, 5.41) is 0. The van der Waals surface area contributed by atoms with E-state index in [0.717, 1.165) is 6.33 Å². The van der Waals surface area contributed by atoms with Crippen LogP contribution in [0.4, 0.5) is 4.39 Å². The number of aromatic nitrogens is 2. The van der Waals surface area contributed by atoms with E-state index in [-0.39, 0.29) is 10.3 Å². The van der Waals surface area contributed by atoms with Gasteiger partial charge in [0.05, 0.1) is 0 Å². The Morgan fingerprint density at radius 2 is 2.30 bits per heavy atom. The van der Waals surface area contributed by atoms with Crippen LogP contribution in [0.1, 0.15) is 10.5 Å². The molecule has 52 valence electrons. The molecule has 5 heteroatoms. The minimum absolute atomic E-state index is 0.00426. The van der Waals surface area contributed by atoms with Crippen molar-refractivity contribution in [3.05, 3.63) is 22.4 Å². The van der Waals surface area contributed by atoms with Crippen LogP contribution >= 0.6 is 15.9 Å². The molecule has 0 aromatic carbocycles. The minimum atomic E-state index is -0.725. The monoisotopic (exact) mass is 204 g/mol. The van der Waals surface area contributed by atoms with Crippen molar-refractivity contribution in [3.8, 4) is 0 Å². The first kappa shape index (κ1) is 7.27. The molecule has 10 heavy (non-hydrogen) atoms. The molecule has 0 saturated carbocycles. The number of halogens is 2. The molecule has 3 nitrogen and oxygen atoms in total. The van der Waals surface area contributed by atoms with E-state index >= 15 is 0 Å². The topological polar surface area (TPSA) is 42.9 Å². The molecular weight excluding hydrogens is 203 g/mol. The van der Waals surface area contributed by atoms with Gasteiger partial charge in [-0.1, -0.05) is 0 Å². The summed E-state index contributed by atoms with van der Waals surface area (Å²) in [7, 11) is 0. The van der Waals surface area contributed by atoms with Crippen LogP contribution in [0.15, 0.2) is 10.9 Å². The van der Waals surface area contributed by atoms with Crippen LogP contribution in [0.3, 0.4) is 0 Å². The summed E-state index contributed by atoms with van der Waals surface area (Å²) in [6.45, 7) is 0. The predicted molar refractivity (Wildman–Crippen MR) is 35.1 cm³/mol. The fraction of sp³-hybridized carbons (Fsp3) is 0. The van der Waals surface area contributed by atoms with Gasteiger partial charge in [0.1, 0.15) is 16.6 Å². The quantitative estimate of drug-likeness (QED) is 0.510. The number of nitrogens with zero attached hydrogens (tertiary/aromatic N) is 2. The average molecular weight is 205 g/mol. The van der Waals surface area contributed by atoms with Gasteiger partial charge in [-0.3, -0.25) is 4.79 Å². The zero-order chi connectivity index (χ0) is 7.56. The summed E-state index contributed by atoms with van der Waals surface area (Å²) in [5.41, 5.74) is -0.234. The summed E-state index contributed by atoms with van der Waals surface area (Å²) in [5.74, 6) is -0.725. The summed E-state index contributed by atoms with van der Waals surface area (Å²) in [6.07, 6.45) is 1.44. The number of carbonyl (C=O) groups excluding carboxylic acids is 1. The average Bonchev–Trinajstić information content (AvgIpc) is 1.95. The molecule has 1 rings (SSSR count). The summed E-state index contributed by atoms with van der Waals surface area (Å²) in [6, 6.07) is 0. The maximum atomic E-state index is 12.6. The lowest BCUT2D eigenvalue weighted by molar-refractivity contribution is 0.111. The first-order valence-electron chi connectivity index (χ1n) is 2.37. The van der Waals surface area contributed by atoms with E-state index in [1.54, 1.807) is 0 Å². The Kier molecular flexibility index (Phi) is 2.06. The molecule has 0 amide bonds. The summed E-state index contributed by atoms with van der Waals surface area (Å²) in [4.78, 5) is 16.9. The standard InChI is InChI=1S/C5H2BrFN2O/c6-5-4(7)3(1-10)8-2-9-5/h1-2H. The Balaban J connectivity index is 3.27. The van der Waals surface area contributed by atoms with Crippen molar-refractivity contribution in [2.75, 3.05) is 0 Å². The van der Waals surface area contributed by atoms with E-state index in [4.69, 9.17) is 0 Å². The highest BCUT2D eigenvalue weighted by Crippen LogP contribution is 2.11. The highest BCUT2D eigenvalue weighted by Gasteiger charge is 2.05. The molecule has 0 spiro atoms. The second kappa shape index (κ2) is 2.83. The fourth-order valence-electron chi connectivity index (χ4n) is 0.443. The number of hydrogen-bond acceptors (Lipinski definition) is 3. The number of hydrogen-bond donors (Lipinski definition) is 0. The van der Waals surface area contributed by atoms with Crippen LogP contribution in [0.25, 0.3) is 0 Å². The molecule has 0 aliphatic heterocycles. The van der Waals surface area contributed by atoms with Gasteiger partial charge in [0.15, 0.2) is 12.1 Å². The van der Waals surface area contributed by atoms with Gasteiger partial charge < -0.3 is 0 Å². The molecule has 0 bridgehead atoms. The Morgan fingerprint density at radius 1 is 1.60 bits per heavy atom. The smallest absolute Gasteiger partial charge is 0.184 e. The van der Waals surface area contributed by atoms with E-state index in [9.17, 15) is 9.18 Å². The predicted octanol–water partition coefficient (Wildman–Crippen LogP) is 1.19. The molecule has 0 unspecified atom stereocenters. The highest BCUT2D eigenvalue weighted by molar-refractivity contribution is 9.10. The Bertz CT molecular complexity index is 266. The van der Waals surface area contributed by atoms with Gasteiger partial charge in [-0.05, 0) is 15.9 Å². The third-order valence-corrected chi connectivity index (χ3v) is 1.44. The molecule has 0 atom stereocenters. The molecule has 0 saturated heterocycles. The maximum absolute atomic E-state index is 12.6. The van der Waals surface area contributed by atoms with Crippen molar-refractivity contribution in [1.82, 2.24) is 9.97 Å². The molecule has 1 aromatic rings.